The van der Waals surface area contributed by atoms with E-state index in [-0.39, 0.29) is 17.6 Å². The van der Waals surface area contributed by atoms with Crippen LogP contribution in [-0.2, 0) is 4.74 Å². The minimum Gasteiger partial charge on any atom is -0.493 e. The molecule has 1 aromatic carbocycles. The van der Waals surface area contributed by atoms with E-state index in [0.29, 0.717) is 24.6 Å². The fourth-order valence-electron chi connectivity index (χ4n) is 2.32. The number of hydrogen-bond donors (Lipinski definition) is 1. The number of methoxy groups -OCH3 is 1. The zero-order chi connectivity index (χ0) is 15.5. The SMILES string of the molecule is COC(=O)c1ccc(NC2CCOc3ccc(F)cc32)nn1. The molecule has 0 amide bonds. The highest BCUT2D eigenvalue weighted by atomic mass is 19.1. The van der Waals surface area contributed by atoms with Gasteiger partial charge >= 0.3 is 5.97 Å². The van der Waals surface area contributed by atoms with Gasteiger partial charge in [0.1, 0.15) is 17.4 Å². The molecule has 0 aliphatic carbocycles. The Bertz CT molecular complexity index is 691. The Morgan fingerprint density at radius 3 is 2.95 bits per heavy atom. The molecule has 2 heterocycles. The third-order valence-electron chi connectivity index (χ3n) is 3.39. The lowest BCUT2D eigenvalue weighted by molar-refractivity contribution is 0.0593. The molecule has 3 rings (SSSR count). The first-order valence-corrected chi connectivity index (χ1v) is 6.78. The largest absolute Gasteiger partial charge is 0.493 e. The molecule has 0 radical (unpaired) electrons. The van der Waals surface area contributed by atoms with E-state index in [1.54, 1.807) is 12.1 Å². The highest BCUT2D eigenvalue weighted by Gasteiger charge is 2.22. The van der Waals surface area contributed by atoms with Crippen LogP contribution in [-0.4, -0.2) is 29.9 Å². The average Bonchev–Trinajstić information content (AvgIpc) is 2.55. The fraction of sp³-hybridized carbons (Fsp3) is 0.267. The van der Waals surface area contributed by atoms with Crippen molar-refractivity contribution in [2.75, 3.05) is 19.0 Å². The fourth-order valence-corrected chi connectivity index (χ4v) is 2.32. The number of halogens is 1. The molecule has 0 saturated carbocycles. The molecule has 6 nitrogen and oxygen atoms in total. The molecule has 0 saturated heterocycles. The van der Waals surface area contributed by atoms with E-state index in [9.17, 15) is 9.18 Å². The number of fused-ring (bicyclic) bond motifs is 1. The molecule has 0 bridgehead atoms. The molecule has 0 spiro atoms. The first-order chi connectivity index (χ1) is 10.7. The number of benzene rings is 1. The summed E-state index contributed by atoms with van der Waals surface area (Å²) in [4.78, 5) is 11.3. The van der Waals surface area contributed by atoms with Gasteiger partial charge in [0.05, 0.1) is 19.8 Å². The van der Waals surface area contributed by atoms with E-state index in [2.05, 4.69) is 20.3 Å². The highest BCUT2D eigenvalue weighted by Crippen LogP contribution is 2.34. The summed E-state index contributed by atoms with van der Waals surface area (Å²) in [5.74, 6) is 0.291. The van der Waals surface area contributed by atoms with E-state index in [1.165, 1.54) is 25.3 Å². The van der Waals surface area contributed by atoms with Crippen LogP contribution in [0.4, 0.5) is 10.2 Å². The lowest BCUT2D eigenvalue weighted by atomic mass is 10.0. The number of anilines is 1. The van der Waals surface area contributed by atoms with Crippen molar-refractivity contribution in [3.05, 3.63) is 47.4 Å². The van der Waals surface area contributed by atoms with Crippen molar-refractivity contribution in [1.29, 1.82) is 0 Å². The minimum absolute atomic E-state index is 0.127. The summed E-state index contributed by atoms with van der Waals surface area (Å²) >= 11 is 0. The standard InChI is InChI=1S/C15H14FN3O3/c1-21-15(20)12-3-5-14(19-18-12)17-11-6-7-22-13-4-2-9(16)8-10(11)13/h2-5,8,11H,6-7H2,1H3,(H,17,19). The lowest BCUT2D eigenvalue weighted by Crippen LogP contribution is -2.21. The maximum absolute atomic E-state index is 13.4. The summed E-state index contributed by atoms with van der Waals surface area (Å²) in [5.41, 5.74) is 0.872. The molecule has 1 aromatic heterocycles. The zero-order valence-corrected chi connectivity index (χ0v) is 11.9. The Labute approximate surface area is 126 Å². The lowest BCUT2D eigenvalue weighted by Gasteiger charge is -2.26. The Morgan fingerprint density at radius 2 is 2.23 bits per heavy atom. The average molecular weight is 303 g/mol. The van der Waals surface area contributed by atoms with E-state index < -0.39 is 5.97 Å². The Hall–Kier alpha value is -2.70. The number of carbonyl (C=O) groups excluding carboxylic acids is 1. The second-order valence-corrected chi connectivity index (χ2v) is 4.81. The molecule has 1 N–H and O–H groups in total. The molecule has 7 heteroatoms. The summed E-state index contributed by atoms with van der Waals surface area (Å²) in [6.45, 7) is 0.532. The molecule has 0 fully saturated rings. The van der Waals surface area contributed by atoms with Crippen LogP contribution in [0, 0.1) is 5.82 Å². The Kier molecular flexibility index (Phi) is 3.86. The molecule has 1 aliphatic rings. The number of hydrogen-bond acceptors (Lipinski definition) is 6. The van der Waals surface area contributed by atoms with Crippen molar-refractivity contribution in [3.63, 3.8) is 0 Å². The van der Waals surface area contributed by atoms with Gasteiger partial charge in [0, 0.05) is 12.0 Å². The third-order valence-corrected chi connectivity index (χ3v) is 3.39. The van der Waals surface area contributed by atoms with Gasteiger partial charge in [-0.05, 0) is 30.3 Å². The van der Waals surface area contributed by atoms with E-state index in [0.717, 1.165) is 5.56 Å². The number of ether oxygens (including phenoxy) is 2. The van der Waals surface area contributed by atoms with Crippen LogP contribution >= 0.6 is 0 Å². The van der Waals surface area contributed by atoms with Gasteiger partial charge in [-0.25, -0.2) is 9.18 Å². The molecule has 1 aliphatic heterocycles. The second-order valence-electron chi connectivity index (χ2n) is 4.81. The predicted molar refractivity (Wildman–Crippen MR) is 76.2 cm³/mol. The molecule has 2 aromatic rings. The molecular formula is C15H14FN3O3. The molecule has 1 unspecified atom stereocenters. The quantitative estimate of drug-likeness (QED) is 0.877. The molecule has 22 heavy (non-hydrogen) atoms. The van der Waals surface area contributed by atoms with E-state index >= 15 is 0 Å². The van der Waals surface area contributed by atoms with Crippen LogP contribution in [0.2, 0.25) is 0 Å². The number of aromatic nitrogens is 2. The second kappa shape index (κ2) is 5.97. The van der Waals surface area contributed by atoms with Crippen LogP contribution < -0.4 is 10.1 Å². The van der Waals surface area contributed by atoms with Crippen molar-refractivity contribution in [1.82, 2.24) is 10.2 Å². The number of nitrogens with one attached hydrogen (secondary N) is 1. The van der Waals surface area contributed by atoms with Crippen LogP contribution in [0.15, 0.2) is 30.3 Å². The van der Waals surface area contributed by atoms with Crippen molar-refractivity contribution in [2.45, 2.75) is 12.5 Å². The van der Waals surface area contributed by atoms with Gasteiger partial charge in [-0.3, -0.25) is 0 Å². The predicted octanol–water partition coefficient (Wildman–Crippen LogP) is 2.34. The van der Waals surface area contributed by atoms with Crippen LogP contribution in [0.3, 0.4) is 0 Å². The van der Waals surface area contributed by atoms with Crippen LogP contribution in [0.1, 0.15) is 28.5 Å². The first-order valence-electron chi connectivity index (χ1n) is 6.78. The monoisotopic (exact) mass is 303 g/mol. The van der Waals surface area contributed by atoms with Gasteiger partial charge in [-0.2, -0.15) is 0 Å². The van der Waals surface area contributed by atoms with Crippen molar-refractivity contribution < 1.29 is 18.7 Å². The van der Waals surface area contributed by atoms with Gasteiger partial charge in [-0.1, -0.05) is 0 Å². The Balaban J connectivity index is 1.80. The molecule has 114 valence electrons. The smallest absolute Gasteiger partial charge is 0.358 e. The van der Waals surface area contributed by atoms with Crippen LogP contribution in [0.25, 0.3) is 0 Å². The third kappa shape index (κ3) is 2.83. The Morgan fingerprint density at radius 1 is 1.36 bits per heavy atom. The van der Waals surface area contributed by atoms with Gasteiger partial charge in [0.25, 0.3) is 0 Å². The molecular weight excluding hydrogens is 289 g/mol. The minimum atomic E-state index is -0.544. The summed E-state index contributed by atoms with van der Waals surface area (Å²) < 4.78 is 23.5. The number of carbonyl (C=O) groups is 1. The van der Waals surface area contributed by atoms with E-state index in [1.807, 2.05) is 0 Å². The number of nitrogens with zero attached hydrogens (tertiary/aromatic N) is 2. The van der Waals surface area contributed by atoms with Crippen molar-refractivity contribution in [3.8, 4) is 5.75 Å². The highest BCUT2D eigenvalue weighted by molar-refractivity contribution is 5.86. The maximum atomic E-state index is 13.4. The van der Waals surface area contributed by atoms with Gasteiger partial charge in [0.15, 0.2) is 5.69 Å². The summed E-state index contributed by atoms with van der Waals surface area (Å²) in [6.07, 6.45) is 0.677. The first kappa shape index (κ1) is 14.2. The van der Waals surface area contributed by atoms with Gasteiger partial charge < -0.3 is 14.8 Å². The maximum Gasteiger partial charge on any atom is 0.358 e. The zero-order valence-electron chi connectivity index (χ0n) is 11.9. The number of esters is 1. The van der Waals surface area contributed by atoms with Gasteiger partial charge in [0.2, 0.25) is 0 Å². The summed E-state index contributed by atoms with van der Waals surface area (Å²) in [5, 5.41) is 10.9. The number of rotatable bonds is 3. The van der Waals surface area contributed by atoms with Gasteiger partial charge in [-0.15, -0.1) is 10.2 Å². The van der Waals surface area contributed by atoms with Crippen LogP contribution in [0.5, 0.6) is 5.75 Å². The normalized spacial score (nSPS) is 16.4. The van der Waals surface area contributed by atoms with Crippen molar-refractivity contribution >= 4 is 11.8 Å². The summed E-state index contributed by atoms with van der Waals surface area (Å²) in [7, 11) is 1.28. The topological polar surface area (TPSA) is 73.3 Å². The summed E-state index contributed by atoms with van der Waals surface area (Å²) in [6, 6.07) is 7.46. The molecule has 1 atom stereocenters. The van der Waals surface area contributed by atoms with Crippen molar-refractivity contribution in [2.24, 2.45) is 0 Å². The van der Waals surface area contributed by atoms with E-state index in [4.69, 9.17) is 4.74 Å².